The normalized spacial score (nSPS) is 30.4. The number of ether oxygens (including phenoxy) is 8. The second-order valence-corrected chi connectivity index (χ2v) is 30.4. The van der Waals surface area contributed by atoms with Gasteiger partial charge in [-0.2, -0.15) is 0 Å². The van der Waals surface area contributed by atoms with Crippen molar-refractivity contribution in [2.45, 2.75) is 405 Å². The number of carboxylic acids is 2. The van der Waals surface area contributed by atoms with E-state index >= 15 is 0 Å². The number of carboxylic acid groups (broad SMARTS) is 2. The molecule has 0 aromatic heterocycles. The number of nitrogens with one attached hydrogen (secondary N) is 3. The highest BCUT2D eigenvalue weighted by atomic mass is 16.8. The maximum absolute atomic E-state index is 13.6. The van der Waals surface area contributed by atoms with Crippen LogP contribution in [0, 0.1) is 0 Å². The molecular weight excluding hydrogens is 1440 g/mol. The van der Waals surface area contributed by atoms with Crippen molar-refractivity contribution in [2.24, 2.45) is 0 Å². The van der Waals surface area contributed by atoms with Crippen LogP contribution in [0.3, 0.4) is 0 Å². The number of aliphatic carboxylic acids is 2. The largest absolute Gasteiger partial charge is 0.477 e. The van der Waals surface area contributed by atoms with Gasteiger partial charge >= 0.3 is 11.9 Å². The topological polar surface area (TPSA) is 519 Å². The Labute approximate surface area is 649 Å². The highest BCUT2D eigenvalue weighted by molar-refractivity contribution is 5.78. The first-order chi connectivity index (χ1) is 52.7. The van der Waals surface area contributed by atoms with Crippen molar-refractivity contribution in [3.8, 4) is 0 Å². The summed E-state index contributed by atoms with van der Waals surface area (Å²) in [7, 11) is 0. The monoisotopic (exact) mass is 1580 g/mol. The molecule has 32 heteroatoms. The number of aliphatic hydroxyl groups excluding tert-OH is 14. The van der Waals surface area contributed by atoms with Crippen LogP contribution in [0.25, 0.3) is 0 Å². The molecule has 4 rings (SSSR count). The van der Waals surface area contributed by atoms with Crippen molar-refractivity contribution in [1.29, 1.82) is 0 Å². The van der Waals surface area contributed by atoms with Gasteiger partial charge in [-0.15, -0.1) is 0 Å². The molecule has 0 radical (unpaired) electrons. The van der Waals surface area contributed by atoms with Crippen molar-refractivity contribution in [3.05, 3.63) is 24.3 Å². The molecule has 3 amide bonds. The van der Waals surface area contributed by atoms with E-state index in [2.05, 4.69) is 41.9 Å². The Morgan fingerprint density at radius 2 is 0.918 bits per heavy atom. The minimum Gasteiger partial charge on any atom is -0.477 e. The summed E-state index contributed by atoms with van der Waals surface area (Å²) in [5, 5.41) is 185. The van der Waals surface area contributed by atoms with Crippen molar-refractivity contribution in [3.63, 3.8) is 0 Å². The number of carbonyl (C=O) groups excluding carboxylic acids is 3. The van der Waals surface area contributed by atoms with Crippen LogP contribution in [0.15, 0.2) is 24.3 Å². The lowest BCUT2D eigenvalue weighted by Gasteiger charge is -2.51. The molecule has 0 bridgehead atoms. The predicted octanol–water partition coefficient (Wildman–Crippen LogP) is 3.24. The maximum atomic E-state index is 13.6. The predicted molar refractivity (Wildman–Crippen MR) is 400 cm³/mol. The summed E-state index contributed by atoms with van der Waals surface area (Å²) in [5.74, 6) is -13.1. The van der Waals surface area contributed by atoms with Crippen LogP contribution in [-0.4, -0.2) is 290 Å². The van der Waals surface area contributed by atoms with Crippen LogP contribution in [0.2, 0.25) is 0 Å². The lowest BCUT2D eigenvalue weighted by Crippen LogP contribution is -2.72. The van der Waals surface area contributed by atoms with Gasteiger partial charge in [-0.05, 0) is 44.9 Å². The molecule has 4 fully saturated rings. The Morgan fingerprint density at radius 3 is 1.36 bits per heavy atom. The lowest BCUT2D eigenvalue weighted by molar-refractivity contribution is -0.388. The number of rotatable bonds is 59. The maximum Gasteiger partial charge on any atom is 0.364 e. The molecule has 4 aliphatic heterocycles. The Morgan fingerprint density at radius 1 is 0.491 bits per heavy atom. The van der Waals surface area contributed by atoms with E-state index in [1.807, 2.05) is 6.08 Å². The molecule has 4 saturated heterocycles. The van der Waals surface area contributed by atoms with Gasteiger partial charge in [0, 0.05) is 33.1 Å². The number of aliphatic hydroxyl groups is 14. The number of hydrogen-bond acceptors (Lipinski definition) is 27. The number of hydrogen-bond donors (Lipinski definition) is 19. The van der Waals surface area contributed by atoms with Crippen molar-refractivity contribution < 1.29 is 144 Å². The molecule has 0 aromatic carbocycles. The van der Waals surface area contributed by atoms with E-state index in [9.17, 15) is 106 Å². The minimum atomic E-state index is -3.39. The Balaban J connectivity index is 1.43. The zero-order valence-corrected chi connectivity index (χ0v) is 65.5. The Kier molecular flexibility index (Phi) is 48.2. The van der Waals surface area contributed by atoms with Gasteiger partial charge in [-0.25, -0.2) is 9.59 Å². The van der Waals surface area contributed by atoms with Crippen LogP contribution in [0.4, 0.5) is 0 Å². The lowest BCUT2D eigenvalue weighted by atomic mass is 9.87. The van der Waals surface area contributed by atoms with Gasteiger partial charge in [-0.1, -0.05) is 205 Å². The quantitative estimate of drug-likeness (QED) is 0.0307. The Bertz CT molecular complexity index is 2600. The van der Waals surface area contributed by atoms with Crippen molar-refractivity contribution in [2.75, 3.05) is 33.0 Å². The molecule has 110 heavy (non-hydrogen) atoms. The second kappa shape index (κ2) is 54.0. The van der Waals surface area contributed by atoms with Gasteiger partial charge < -0.3 is 136 Å². The summed E-state index contributed by atoms with van der Waals surface area (Å²) >= 11 is 0. The first-order valence-corrected chi connectivity index (χ1v) is 40.9. The van der Waals surface area contributed by atoms with Gasteiger partial charge in [0.15, 0.2) is 12.6 Å². The van der Waals surface area contributed by atoms with Crippen molar-refractivity contribution in [1.82, 2.24) is 16.0 Å². The summed E-state index contributed by atoms with van der Waals surface area (Å²) < 4.78 is 46.6. The highest BCUT2D eigenvalue weighted by Gasteiger charge is 2.62. The Hall–Kier alpha value is -4.05. The fraction of sp³-hybridized carbons (Fsp3) is 0.885. The van der Waals surface area contributed by atoms with Gasteiger partial charge in [0.25, 0.3) is 11.6 Å². The number of allylic oxidation sites excluding steroid dienone is 3. The van der Waals surface area contributed by atoms with Crippen LogP contribution >= 0.6 is 0 Å². The minimum absolute atomic E-state index is 0.152. The van der Waals surface area contributed by atoms with Crippen LogP contribution < -0.4 is 16.0 Å². The zero-order chi connectivity index (χ0) is 81.2. The number of unbranched alkanes of at least 4 members (excludes halogenated alkanes) is 30. The molecule has 3 unspecified atom stereocenters. The van der Waals surface area contributed by atoms with E-state index < -0.39 is 216 Å². The third kappa shape index (κ3) is 32.9. The van der Waals surface area contributed by atoms with E-state index in [1.54, 1.807) is 6.08 Å². The van der Waals surface area contributed by atoms with E-state index in [-0.39, 0.29) is 12.3 Å². The first-order valence-electron chi connectivity index (χ1n) is 40.9. The second-order valence-electron chi connectivity index (χ2n) is 30.4. The van der Waals surface area contributed by atoms with Gasteiger partial charge in [0.05, 0.1) is 69.5 Å². The average molecular weight is 1580 g/mol. The molecule has 0 aromatic rings. The molecule has 0 saturated carbocycles. The molecule has 0 spiro atoms. The average Bonchev–Trinajstić information content (AvgIpc) is 0.752. The SMILES string of the molecule is CCCCCCCC/C=C\CCCCCCCCCCCCCCCC(=O)N[C@@H](CO[C@@H]1O[C@H](CO)[C@@H](O[C@@H]2O[C@H](CO)[C@H](O)[C@H](O[C@]3(C(=O)O)C[C@H](O)[C@@H](NC(C)=O)C([C@H](O)[C@@H](CO)O[C@]4(C(=O)O)C[C@H](O)[C@@H](NC(C)=O)C([C@H](O)[C@H](O)CO)O4)O3)[C@H]2O)[C@H](O)C1O)[C@H](O)/C=C/CCCCCCCCCCCCC. The molecular formula is C78H139N3O29. The molecule has 32 nitrogen and oxygen atoms in total. The summed E-state index contributed by atoms with van der Waals surface area (Å²) in [6.07, 6.45) is 3.88. The van der Waals surface area contributed by atoms with Gasteiger partial charge in [0.2, 0.25) is 17.7 Å². The summed E-state index contributed by atoms with van der Waals surface area (Å²) in [6.45, 7) is 1.13. The number of amides is 3. The van der Waals surface area contributed by atoms with Crippen LogP contribution in [0.1, 0.15) is 259 Å². The number of carbonyl (C=O) groups is 5. The first kappa shape index (κ1) is 98.3. The third-order valence-corrected chi connectivity index (χ3v) is 21.1. The smallest absolute Gasteiger partial charge is 0.364 e. The molecule has 4 heterocycles. The van der Waals surface area contributed by atoms with Crippen LogP contribution in [-0.2, 0) is 61.9 Å². The standard InChI is InChI=1S/C78H139N3O29/c1-5-7-9-11-13-15-17-19-20-21-22-23-24-25-26-27-28-30-32-34-36-38-40-42-60(92)81-52(53(88)41-39-37-35-33-31-29-18-16-14-12-10-8-6-2)49-103-73-67(97)66(96)69(59(48-85)105-73)106-74-68(98)72(64(94)57(46-83)104-74)110-78(76(101)102)44-55(90)62(80-51(4)87)71(109-78)65(95)58(47-84)107-77(75(99)100)43-54(89)61(79-50(3)86)70(108-77)63(93)56(91)45-82/h19-20,39,41,52-59,61-74,82-85,88-91,93-98H,5-18,21-38,40,42-49H2,1-4H3,(H,79,86)(H,80,87)(H,81,92)(H,99,100)(H,101,102)/b20-19-,41-39+/t52-,53+,54-,55-,56+,57+,58+,59+,61+,62+,63+,64-,65+,66+,67?,68+,69+,70?,71?,72-,73+,74-,77+,78-/m0/s1. The summed E-state index contributed by atoms with van der Waals surface area (Å²) in [4.78, 5) is 65.1. The zero-order valence-electron chi connectivity index (χ0n) is 65.5. The molecule has 4 aliphatic rings. The fourth-order valence-corrected chi connectivity index (χ4v) is 14.6. The highest BCUT2D eigenvalue weighted by Crippen LogP contribution is 2.41. The fourth-order valence-electron chi connectivity index (χ4n) is 14.6. The molecule has 0 aliphatic carbocycles. The van der Waals surface area contributed by atoms with Gasteiger partial charge in [0.1, 0.15) is 85.5 Å². The summed E-state index contributed by atoms with van der Waals surface area (Å²) in [6, 6.07) is -4.73. The van der Waals surface area contributed by atoms with E-state index in [1.165, 1.54) is 148 Å². The van der Waals surface area contributed by atoms with Crippen LogP contribution in [0.5, 0.6) is 0 Å². The molecule has 640 valence electrons. The van der Waals surface area contributed by atoms with Gasteiger partial charge in [-0.3, -0.25) is 14.4 Å². The van der Waals surface area contributed by atoms with Crippen molar-refractivity contribution >= 4 is 29.7 Å². The molecule has 24 atom stereocenters. The third-order valence-electron chi connectivity index (χ3n) is 21.1. The molecule has 19 N–H and O–H groups in total. The van der Waals surface area contributed by atoms with E-state index in [0.717, 1.165) is 65.2 Å². The summed E-state index contributed by atoms with van der Waals surface area (Å²) in [5.41, 5.74) is 0. The van der Waals surface area contributed by atoms with E-state index in [0.29, 0.717) is 12.8 Å². The van der Waals surface area contributed by atoms with E-state index in [4.69, 9.17) is 37.9 Å².